The molecule has 0 N–H and O–H groups in total. The van der Waals surface area contributed by atoms with Crippen LogP contribution in [0.4, 0.5) is 0 Å². The fourth-order valence-electron chi connectivity index (χ4n) is 0.850. The molecule has 0 aliphatic carbocycles. The third-order valence-electron chi connectivity index (χ3n) is 1.13. The minimum absolute atomic E-state index is 0.264. The number of hydrogen-bond donors (Lipinski definition) is 0. The topological polar surface area (TPSA) is 17.1 Å². The largest absolute Gasteiger partial charge is 0.300 e. The lowest BCUT2D eigenvalue weighted by Crippen LogP contribution is -1.97. The van der Waals surface area contributed by atoms with Crippen LogP contribution < -0.4 is 0 Å². The predicted molar refractivity (Wildman–Crippen MR) is 39.3 cm³/mol. The van der Waals surface area contributed by atoms with Crippen LogP contribution >= 0.6 is 0 Å². The van der Waals surface area contributed by atoms with Gasteiger partial charge in [-0.2, -0.15) is 0 Å². The van der Waals surface area contributed by atoms with Crippen molar-refractivity contribution in [3.05, 3.63) is 12.2 Å². The second-order valence-electron chi connectivity index (χ2n) is 2.41. The maximum Gasteiger partial charge on any atom is 0.130 e. The standard InChI is InChI=1S/C8H14O/c1-4-5-7(2)6-8(3)9/h4-5,7H,6H2,1-3H3/b5-4+/t7-/m0/s1. The summed E-state index contributed by atoms with van der Waals surface area (Å²) in [5.41, 5.74) is 0. The van der Waals surface area contributed by atoms with Gasteiger partial charge in [-0.1, -0.05) is 19.1 Å². The van der Waals surface area contributed by atoms with Gasteiger partial charge in [0.25, 0.3) is 0 Å². The lowest BCUT2D eigenvalue weighted by atomic mass is 10.1. The SMILES string of the molecule is C/C=C/[C@H](C)CC(C)=O. The number of Topliss-reactive ketones (excluding diaryl/α,β-unsaturated/α-hetero) is 1. The van der Waals surface area contributed by atoms with Crippen molar-refractivity contribution in [2.24, 2.45) is 5.92 Å². The highest BCUT2D eigenvalue weighted by molar-refractivity contribution is 5.75. The Hall–Kier alpha value is -0.590. The molecule has 0 bridgehead atoms. The highest BCUT2D eigenvalue weighted by Gasteiger charge is 1.98. The van der Waals surface area contributed by atoms with Crippen LogP contribution in [0.2, 0.25) is 0 Å². The molecule has 0 heterocycles. The smallest absolute Gasteiger partial charge is 0.130 e. The van der Waals surface area contributed by atoms with E-state index < -0.39 is 0 Å². The Morgan fingerprint density at radius 3 is 2.56 bits per heavy atom. The molecule has 0 unspecified atom stereocenters. The van der Waals surface area contributed by atoms with Crippen molar-refractivity contribution in [2.75, 3.05) is 0 Å². The number of carbonyl (C=O) groups is 1. The zero-order chi connectivity index (χ0) is 7.28. The van der Waals surface area contributed by atoms with E-state index in [1.54, 1.807) is 6.92 Å². The monoisotopic (exact) mass is 126 g/mol. The molecule has 0 aliphatic rings. The maximum atomic E-state index is 10.5. The molecular weight excluding hydrogens is 112 g/mol. The normalized spacial score (nSPS) is 14.1. The first-order chi connectivity index (χ1) is 4.16. The second kappa shape index (κ2) is 4.30. The summed E-state index contributed by atoms with van der Waals surface area (Å²) in [4.78, 5) is 10.5. The first-order valence-electron chi connectivity index (χ1n) is 3.29. The van der Waals surface area contributed by atoms with Crippen LogP contribution in [0.5, 0.6) is 0 Å². The Kier molecular flexibility index (Phi) is 4.02. The van der Waals surface area contributed by atoms with Crippen molar-refractivity contribution in [3.8, 4) is 0 Å². The number of allylic oxidation sites excluding steroid dienone is 2. The summed E-state index contributed by atoms with van der Waals surface area (Å²) in [6, 6.07) is 0. The van der Waals surface area contributed by atoms with Crippen LogP contribution in [-0.4, -0.2) is 5.78 Å². The van der Waals surface area contributed by atoms with Gasteiger partial charge in [0.15, 0.2) is 0 Å². The Morgan fingerprint density at radius 1 is 1.67 bits per heavy atom. The molecule has 1 atom stereocenters. The van der Waals surface area contributed by atoms with Gasteiger partial charge in [0.2, 0.25) is 0 Å². The molecule has 0 fully saturated rings. The summed E-state index contributed by atoms with van der Waals surface area (Å²) in [6.45, 7) is 5.64. The Bertz CT molecular complexity index is 114. The zero-order valence-electron chi connectivity index (χ0n) is 6.35. The molecule has 0 aromatic carbocycles. The van der Waals surface area contributed by atoms with Crippen LogP contribution in [0.3, 0.4) is 0 Å². The van der Waals surface area contributed by atoms with Crippen molar-refractivity contribution in [1.82, 2.24) is 0 Å². The van der Waals surface area contributed by atoms with Gasteiger partial charge in [0, 0.05) is 6.42 Å². The molecular formula is C8H14O. The molecule has 0 radical (unpaired) electrons. The van der Waals surface area contributed by atoms with Gasteiger partial charge >= 0.3 is 0 Å². The van der Waals surface area contributed by atoms with Gasteiger partial charge in [0.05, 0.1) is 0 Å². The first-order valence-corrected chi connectivity index (χ1v) is 3.29. The van der Waals surface area contributed by atoms with Gasteiger partial charge in [-0.3, -0.25) is 0 Å². The molecule has 0 saturated carbocycles. The molecule has 0 saturated heterocycles. The van der Waals surface area contributed by atoms with E-state index >= 15 is 0 Å². The van der Waals surface area contributed by atoms with Gasteiger partial charge in [-0.05, 0) is 19.8 Å². The average molecular weight is 126 g/mol. The highest BCUT2D eigenvalue weighted by atomic mass is 16.1. The van der Waals surface area contributed by atoms with E-state index in [0.717, 1.165) is 0 Å². The lowest BCUT2D eigenvalue weighted by molar-refractivity contribution is -0.117. The van der Waals surface area contributed by atoms with Crippen molar-refractivity contribution >= 4 is 5.78 Å². The second-order valence-corrected chi connectivity index (χ2v) is 2.41. The summed E-state index contributed by atoms with van der Waals surface area (Å²) in [6.07, 6.45) is 4.69. The number of ketones is 1. The van der Waals surface area contributed by atoms with E-state index in [1.807, 2.05) is 26.0 Å². The van der Waals surface area contributed by atoms with E-state index in [4.69, 9.17) is 0 Å². The van der Waals surface area contributed by atoms with Crippen molar-refractivity contribution in [1.29, 1.82) is 0 Å². The van der Waals surface area contributed by atoms with Crippen molar-refractivity contribution < 1.29 is 4.79 Å². The average Bonchev–Trinajstić information content (AvgIpc) is 1.63. The number of rotatable bonds is 3. The maximum absolute atomic E-state index is 10.5. The summed E-state index contributed by atoms with van der Waals surface area (Å²) in [5.74, 6) is 0.674. The van der Waals surface area contributed by atoms with Crippen LogP contribution in [0.25, 0.3) is 0 Å². The van der Waals surface area contributed by atoms with E-state index in [-0.39, 0.29) is 5.78 Å². The molecule has 1 nitrogen and oxygen atoms in total. The van der Waals surface area contributed by atoms with Crippen molar-refractivity contribution in [3.63, 3.8) is 0 Å². The third kappa shape index (κ3) is 5.28. The third-order valence-corrected chi connectivity index (χ3v) is 1.13. The van der Waals surface area contributed by atoms with Crippen LogP contribution in [0.1, 0.15) is 27.2 Å². The summed E-state index contributed by atoms with van der Waals surface area (Å²) < 4.78 is 0. The van der Waals surface area contributed by atoms with Crippen LogP contribution in [0.15, 0.2) is 12.2 Å². The first kappa shape index (κ1) is 8.41. The molecule has 0 aromatic rings. The predicted octanol–water partition coefficient (Wildman–Crippen LogP) is 2.18. The van der Waals surface area contributed by atoms with Gasteiger partial charge < -0.3 is 4.79 Å². The number of carbonyl (C=O) groups excluding carboxylic acids is 1. The number of hydrogen-bond acceptors (Lipinski definition) is 1. The minimum Gasteiger partial charge on any atom is -0.300 e. The molecule has 1 heteroatoms. The fourth-order valence-corrected chi connectivity index (χ4v) is 0.850. The van der Waals surface area contributed by atoms with E-state index in [0.29, 0.717) is 12.3 Å². The van der Waals surface area contributed by atoms with E-state index in [1.165, 1.54) is 0 Å². The van der Waals surface area contributed by atoms with Gasteiger partial charge in [0.1, 0.15) is 5.78 Å². The summed E-state index contributed by atoms with van der Waals surface area (Å²) in [5, 5.41) is 0. The summed E-state index contributed by atoms with van der Waals surface area (Å²) in [7, 11) is 0. The van der Waals surface area contributed by atoms with Crippen LogP contribution in [-0.2, 0) is 4.79 Å². The molecule has 9 heavy (non-hydrogen) atoms. The summed E-state index contributed by atoms with van der Waals surface area (Å²) >= 11 is 0. The Balaban J connectivity index is 3.50. The van der Waals surface area contributed by atoms with E-state index in [2.05, 4.69) is 0 Å². The minimum atomic E-state index is 0.264. The Morgan fingerprint density at radius 2 is 2.22 bits per heavy atom. The molecule has 0 aliphatic heterocycles. The van der Waals surface area contributed by atoms with Gasteiger partial charge in [-0.15, -0.1) is 0 Å². The zero-order valence-corrected chi connectivity index (χ0v) is 6.35. The highest BCUT2D eigenvalue weighted by Crippen LogP contribution is 2.02. The molecule has 0 spiro atoms. The Labute approximate surface area is 56.8 Å². The van der Waals surface area contributed by atoms with Crippen LogP contribution in [0, 0.1) is 5.92 Å². The fraction of sp³-hybridized carbons (Fsp3) is 0.625. The van der Waals surface area contributed by atoms with Gasteiger partial charge in [-0.25, -0.2) is 0 Å². The molecule has 52 valence electrons. The van der Waals surface area contributed by atoms with E-state index in [9.17, 15) is 4.79 Å². The molecule has 0 rings (SSSR count). The molecule has 0 amide bonds. The quantitative estimate of drug-likeness (QED) is 0.530. The lowest BCUT2D eigenvalue weighted by Gasteiger charge is -1.99. The van der Waals surface area contributed by atoms with Crippen molar-refractivity contribution in [2.45, 2.75) is 27.2 Å². The molecule has 0 aromatic heterocycles.